The normalized spacial score (nSPS) is 11.7. The first kappa shape index (κ1) is 15.4. The fourth-order valence-electron chi connectivity index (χ4n) is 1.45. The Hall–Kier alpha value is -2.65. The molecule has 1 aromatic rings. The second-order valence-corrected chi connectivity index (χ2v) is 3.92. The van der Waals surface area contributed by atoms with Crippen molar-refractivity contribution < 1.29 is 19.5 Å². The van der Waals surface area contributed by atoms with E-state index >= 15 is 0 Å². The lowest BCUT2D eigenvalue weighted by Crippen LogP contribution is -2.47. The van der Waals surface area contributed by atoms with E-state index in [1.165, 1.54) is 6.33 Å². The van der Waals surface area contributed by atoms with Crippen LogP contribution < -0.4 is 16.4 Å². The minimum atomic E-state index is -1.36. The highest BCUT2D eigenvalue weighted by molar-refractivity contribution is 5.87. The molecule has 1 aromatic heterocycles. The second kappa shape index (κ2) is 7.07. The van der Waals surface area contributed by atoms with Crippen molar-refractivity contribution in [2.75, 3.05) is 0 Å². The first-order chi connectivity index (χ1) is 9.43. The predicted octanol–water partition coefficient (Wildman–Crippen LogP) is -1.57. The maximum atomic E-state index is 11.5. The highest BCUT2D eigenvalue weighted by Gasteiger charge is 2.22. The van der Waals surface area contributed by atoms with Gasteiger partial charge in [-0.25, -0.2) is 9.59 Å². The summed E-state index contributed by atoms with van der Waals surface area (Å²) in [6, 6.07) is -2.10. The summed E-state index contributed by atoms with van der Waals surface area (Å²) in [5, 5.41) is 20.9. The summed E-state index contributed by atoms with van der Waals surface area (Å²) in [6.07, 6.45) is 1.04. The van der Waals surface area contributed by atoms with Crippen LogP contribution in [-0.2, 0) is 22.7 Å². The second-order valence-electron chi connectivity index (χ2n) is 3.92. The topological polar surface area (TPSA) is 152 Å². The van der Waals surface area contributed by atoms with E-state index in [0.29, 0.717) is 12.4 Å². The number of carbonyl (C=O) groups excluding carboxylic acids is 2. The van der Waals surface area contributed by atoms with Gasteiger partial charge in [0, 0.05) is 6.54 Å². The van der Waals surface area contributed by atoms with Gasteiger partial charge in [0.15, 0.2) is 5.82 Å². The number of hydrogen-bond donors (Lipinski definition) is 4. The molecule has 0 unspecified atom stereocenters. The number of urea groups is 1. The summed E-state index contributed by atoms with van der Waals surface area (Å²) in [6.45, 7) is 2.62. The van der Waals surface area contributed by atoms with Gasteiger partial charge in [0.25, 0.3) is 0 Å². The number of carboxylic acid groups (broad SMARTS) is 1. The van der Waals surface area contributed by atoms with E-state index < -0.39 is 30.4 Å². The number of nitrogens with zero attached hydrogens (tertiary/aromatic N) is 3. The number of hydrogen-bond acceptors (Lipinski definition) is 5. The van der Waals surface area contributed by atoms with Crippen molar-refractivity contribution in [2.24, 2.45) is 5.73 Å². The standard InChI is InChI=1S/C10H16N6O4/c1-2-16-5-13-15-8(16)4-12-10(20)14-6(9(18)19)3-7(11)17/h5-6H,2-4H2,1H3,(H2,11,17)(H,18,19)(H2,12,14,20)/t6-/m1/s1. The zero-order valence-electron chi connectivity index (χ0n) is 10.9. The molecule has 0 radical (unpaired) electrons. The number of aromatic nitrogens is 3. The monoisotopic (exact) mass is 284 g/mol. The van der Waals surface area contributed by atoms with E-state index in [1.54, 1.807) is 4.57 Å². The molecule has 0 bridgehead atoms. The van der Waals surface area contributed by atoms with Crippen molar-refractivity contribution in [1.82, 2.24) is 25.4 Å². The van der Waals surface area contributed by atoms with Crippen molar-refractivity contribution in [1.29, 1.82) is 0 Å². The molecule has 0 saturated heterocycles. The number of aryl methyl sites for hydroxylation is 1. The number of nitrogens with one attached hydrogen (secondary N) is 2. The Morgan fingerprint density at radius 2 is 2.20 bits per heavy atom. The van der Waals surface area contributed by atoms with Crippen molar-refractivity contribution in [3.63, 3.8) is 0 Å². The number of rotatable bonds is 7. The highest BCUT2D eigenvalue weighted by Crippen LogP contribution is 1.95. The number of nitrogens with two attached hydrogens (primary N) is 1. The third-order valence-electron chi connectivity index (χ3n) is 2.45. The Morgan fingerprint density at radius 1 is 1.50 bits per heavy atom. The van der Waals surface area contributed by atoms with Crippen LogP contribution in [-0.4, -0.2) is 43.8 Å². The van der Waals surface area contributed by atoms with Gasteiger partial charge >= 0.3 is 12.0 Å². The molecule has 1 heterocycles. The third-order valence-corrected chi connectivity index (χ3v) is 2.45. The Bertz CT molecular complexity index is 500. The molecule has 5 N–H and O–H groups in total. The van der Waals surface area contributed by atoms with Gasteiger partial charge in [-0.3, -0.25) is 4.79 Å². The number of aliphatic carboxylic acids is 1. The molecule has 0 aliphatic rings. The van der Waals surface area contributed by atoms with Crippen LogP contribution >= 0.6 is 0 Å². The number of amides is 3. The Labute approximate surface area is 114 Å². The van der Waals surface area contributed by atoms with Gasteiger partial charge in [-0.15, -0.1) is 10.2 Å². The van der Waals surface area contributed by atoms with E-state index in [-0.39, 0.29) is 6.54 Å². The van der Waals surface area contributed by atoms with Gasteiger partial charge in [-0.2, -0.15) is 0 Å². The molecule has 10 heteroatoms. The lowest BCUT2D eigenvalue weighted by Gasteiger charge is -2.13. The van der Waals surface area contributed by atoms with Crippen molar-refractivity contribution >= 4 is 17.9 Å². The molecule has 0 spiro atoms. The molecule has 1 atom stereocenters. The van der Waals surface area contributed by atoms with E-state index in [2.05, 4.69) is 20.8 Å². The summed E-state index contributed by atoms with van der Waals surface area (Å²) in [4.78, 5) is 33.1. The maximum Gasteiger partial charge on any atom is 0.326 e. The smallest absolute Gasteiger partial charge is 0.326 e. The van der Waals surface area contributed by atoms with Crippen molar-refractivity contribution in [2.45, 2.75) is 32.5 Å². The zero-order chi connectivity index (χ0) is 15.1. The van der Waals surface area contributed by atoms with E-state index in [0.717, 1.165) is 0 Å². The average molecular weight is 284 g/mol. The molecule has 0 fully saturated rings. The molecule has 0 aliphatic heterocycles. The lowest BCUT2D eigenvalue weighted by molar-refractivity contribution is -0.140. The van der Waals surface area contributed by atoms with E-state index in [1.807, 2.05) is 6.92 Å². The fourth-order valence-corrected chi connectivity index (χ4v) is 1.45. The quantitative estimate of drug-likeness (QED) is 0.474. The molecule has 10 nitrogen and oxygen atoms in total. The summed E-state index contributed by atoms with van der Waals surface area (Å²) in [7, 11) is 0. The van der Waals surface area contributed by atoms with Gasteiger partial charge in [0.2, 0.25) is 5.91 Å². The number of primary amides is 1. The highest BCUT2D eigenvalue weighted by atomic mass is 16.4. The van der Waals surface area contributed by atoms with Crippen LogP contribution in [0, 0.1) is 0 Å². The van der Waals surface area contributed by atoms with Gasteiger partial charge in [-0.05, 0) is 6.92 Å². The SMILES string of the molecule is CCn1cnnc1CNC(=O)N[C@H](CC(N)=O)C(=O)O. The summed E-state index contributed by atoms with van der Waals surface area (Å²) in [5.41, 5.74) is 4.90. The van der Waals surface area contributed by atoms with Gasteiger partial charge in [0.1, 0.15) is 12.4 Å². The van der Waals surface area contributed by atoms with E-state index in [9.17, 15) is 14.4 Å². The Balaban J connectivity index is 2.50. The van der Waals surface area contributed by atoms with Crippen LogP contribution in [0.1, 0.15) is 19.2 Å². The maximum absolute atomic E-state index is 11.5. The first-order valence-electron chi connectivity index (χ1n) is 5.86. The van der Waals surface area contributed by atoms with Crippen LogP contribution in [0.3, 0.4) is 0 Å². The molecule has 0 aromatic carbocycles. The largest absolute Gasteiger partial charge is 0.480 e. The van der Waals surface area contributed by atoms with Crippen molar-refractivity contribution in [3.05, 3.63) is 12.2 Å². The molecular weight excluding hydrogens is 268 g/mol. The van der Waals surface area contributed by atoms with Gasteiger partial charge in [0.05, 0.1) is 13.0 Å². The summed E-state index contributed by atoms with van der Waals surface area (Å²) in [5.74, 6) is -1.62. The van der Waals surface area contributed by atoms with Crippen LogP contribution in [0.5, 0.6) is 0 Å². The number of carboxylic acids is 1. The molecule has 0 aliphatic carbocycles. The molecule has 110 valence electrons. The molecule has 20 heavy (non-hydrogen) atoms. The van der Waals surface area contributed by atoms with Gasteiger partial charge in [-0.1, -0.05) is 0 Å². The fraction of sp³-hybridized carbons (Fsp3) is 0.500. The number of carbonyl (C=O) groups is 3. The predicted molar refractivity (Wildman–Crippen MR) is 66.3 cm³/mol. The van der Waals surface area contributed by atoms with Crippen LogP contribution in [0.2, 0.25) is 0 Å². The summed E-state index contributed by atoms with van der Waals surface area (Å²) >= 11 is 0. The lowest BCUT2D eigenvalue weighted by atomic mass is 10.2. The van der Waals surface area contributed by atoms with E-state index in [4.69, 9.17) is 10.8 Å². The summed E-state index contributed by atoms with van der Waals surface area (Å²) < 4.78 is 1.72. The van der Waals surface area contributed by atoms with Crippen LogP contribution in [0.15, 0.2) is 6.33 Å². The van der Waals surface area contributed by atoms with Gasteiger partial charge < -0.3 is 26.0 Å². The Morgan fingerprint density at radius 3 is 2.75 bits per heavy atom. The van der Waals surface area contributed by atoms with Crippen LogP contribution in [0.4, 0.5) is 4.79 Å². The third kappa shape index (κ3) is 4.55. The van der Waals surface area contributed by atoms with Crippen LogP contribution in [0.25, 0.3) is 0 Å². The molecule has 3 amide bonds. The molecular formula is C10H16N6O4. The minimum Gasteiger partial charge on any atom is -0.480 e. The minimum absolute atomic E-state index is 0.0859. The molecule has 1 rings (SSSR count). The molecule has 0 saturated carbocycles. The Kier molecular flexibility index (Phi) is 5.44. The first-order valence-corrected chi connectivity index (χ1v) is 5.86. The average Bonchev–Trinajstić information content (AvgIpc) is 2.82. The zero-order valence-corrected chi connectivity index (χ0v) is 10.9. The van der Waals surface area contributed by atoms with Crippen molar-refractivity contribution in [3.8, 4) is 0 Å².